The number of aliphatic hydroxyl groups excluding tert-OH is 1. The summed E-state index contributed by atoms with van der Waals surface area (Å²) >= 11 is 4.05. The number of halogens is 3. The van der Waals surface area contributed by atoms with Gasteiger partial charge in [-0.15, -0.1) is 5.10 Å². The lowest BCUT2D eigenvalue weighted by Gasteiger charge is -2.14. The van der Waals surface area contributed by atoms with Gasteiger partial charge in [-0.2, -0.15) is 0 Å². The smallest absolute Gasteiger partial charge is 0.277 e. The summed E-state index contributed by atoms with van der Waals surface area (Å²) in [7, 11) is 0. The van der Waals surface area contributed by atoms with Gasteiger partial charge in [-0.3, -0.25) is 9.63 Å². The molecule has 7 nitrogen and oxygen atoms in total. The van der Waals surface area contributed by atoms with Crippen molar-refractivity contribution in [3.05, 3.63) is 45.9 Å². The molecule has 3 aromatic rings. The monoisotopic (exact) mass is 444 g/mol. The molecule has 3 N–H and O–H groups in total. The summed E-state index contributed by atoms with van der Waals surface area (Å²) < 4.78 is 33.5. The Morgan fingerprint density at radius 1 is 1.35 bits per heavy atom. The molecule has 0 spiro atoms. The molecule has 2 aromatic carbocycles. The van der Waals surface area contributed by atoms with E-state index in [-0.39, 0.29) is 35.7 Å². The van der Waals surface area contributed by atoms with Crippen molar-refractivity contribution in [2.45, 2.75) is 0 Å². The molecule has 1 aromatic heterocycles. The molecule has 0 saturated carbocycles. The number of rotatable bonds is 6. The van der Waals surface area contributed by atoms with Crippen LogP contribution >= 0.6 is 27.5 Å². The Hall–Kier alpha value is -2.21. The quantitative estimate of drug-likeness (QED) is 0.399. The van der Waals surface area contributed by atoms with Crippen LogP contribution in [0.15, 0.2) is 28.7 Å². The van der Waals surface area contributed by atoms with E-state index in [0.717, 1.165) is 11.5 Å². The highest BCUT2D eigenvalue weighted by Crippen LogP contribution is 2.33. The van der Waals surface area contributed by atoms with E-state index in [1.807, 2.05) is 0 Å². The van der Waals surface area contributed by atoms with Gasteiger partial charge in [-0.05, 0) is 35.8 Å². The standard InChI is InChI=1S/C15H11BrF2N4O3S/c16-7-1-2-10(9(17)5-7)19-13-8(15(24)21-25-4-3-23)6-11-14(12(13)18)20-22-26-11/h1-2,5-6,19,23H,3-4H2,(H,21,24). The number of aromatic nitrogens is 2. The van der Waals surface area contributed by atoms with Crippen LogP contribution in [0.2, 0.25) is 0 Å². The summed E-state index contributed by atoms with van der Waals surface area (Å²) in [6.45, 7) is -0.440. The number of hydroxylamine groups is 1. The fraction of sp³-hybridized carbons (Fsp3) is 0.133. The lowest BCUT2D eigenvalue weighted by atomic mass is 10.1. The first-order chi connectivity index (χ1) is 12.5. The molecule has 0 aliphatic carbocycles. The Labute approximate surface area is 158 Å². The highest BCUT2D eigenvalue weighted by molar-refractivity contribution is 9.10. The molecule has 0 atom stereocenters. The minimum absolute atomic E-state index is 0.0278. The largest absolute Gasteiger partial charge is 0.394 e. The fourth-order valence-electron chi connectivity index (χ4n) is 2.13. The molecule has 0 fully saturated rings. The molecule has 0 aliphatic heterocycles. The zero-order chi connectivity index (χ0) is 18.7. The molecule has 0 saturated heterocycles. The molecule has 0 unspecified atom stereocenters. The summed E-state index contributed by atoms with van der Waals surface area (Å²) in [5.41, 5.74) is 1.63. The molecule has 1 amide bonds. The van der Waals surface area contributed by atoms with Crippen LogP contribution in [0.25, 0.3) is 10.2 Å². The van der Waals surface area contributed by atoms with Gasteiger partial charge in [-0.1, -0.05) is 20.4 Å². The maximum Gasteiger partial charge on any atom is 0.277 e. The van der Waals surface area contributed by atoms with Crippen molar-refractivity contribution in [3.63, 3.8) is 0 Å². The van der Waals surface area contributed by atoms with Crippen molar-refractivity contribution in [3.8, 4) is 0 Å². The van der Waals surface area contributed by atoms with Crippen molar-refractivity contribution >= 4 is 55.0 Å². The number of nitrogens with zero attached hydrogens (tertiary/aromatic N) is 2. The van der Waals surface area contributed by atoms with Crippen molar-refractivity contribution in [1.82, 2.24) is 15.1 Å². The molecule has 1 heterocycles. The minimum atomic E-state index is -0.842. The van der Waals surface area contributed by atoms with Gasteiger partial charge in [0.15, 0.2) is 5.82 Å². The number of amides is 1. The molecule has 3 rings (SSSR count). The summed E-state index contributed by atoms with van der Waals surface area (Å²) in [5, 5.41) is 15.0. The molecule has 11 heteroatoms. The van der Waals surface area contributed by atoms with Crippen LogP contribution in [-0.4, -0.2) is 33.8 Å². The van der Waals surface area contributed by atoms with Crippen molar-refractivity contribution < 1.29 is 23.5 Å². The van der Waals surface area contributed by atoms with E-state index < -0.39 is 17.5 Å². The van der Waals surface area contributed by atoms with Crippen LogP contribution in [0.5, 0.6) is 0 Å². The zero-order valence-electron chi connectivity index (χ0n) is 12.9. The second-order valence-electron chi connectivity index (χ2n) is 4.99. The molecule has 26 heavy (non-hydrogen) atoms. The summed E-state index contributed by atoms with van der Waals surface area (Å²) in [6.07, 6.45) is 0. The lowest BCUT2D eigenvalue weighted by molar-refractivity contribution is 0.0169. The number of carbonyl (C=O) groups is 1. The second kappa shape index (κ2) is 7.99. The second-order valence-corrected chi connectivity index (χ2v) is 6.69. The van der Waals surface area contributed by atoms with E-state index in [1.165, 1.54) is 18.2 Å². The highest BCUT2D eigenvalue weighted by atomic mass is 79.9. The topological polar surface area (TPSA) is 96.4 Å². The van der Waals surface area contributed by atoms with Crippen LogP contribution in [0.3, 0.4) is 0 Å². The average molecular weight is 445 g/mol. The predicted molar refractivity (Wildman–Crippen MR) is 95.3 cm³/mol. The number of hydrogen-bond donors (Lipinski definition) is 3. The van der Waals surface area contributed by atoms with Crippen molar-refractivity contribution in [2.75, 3.05) is 18.5 Å². The average Bonchev–Trinajstić information content (AvgIpc) is 3.08. The molecule has 0 bridgehead atoms. The van der Waals surface area contributed by atoms with Crippen LogP contribution in [-0.2, 0) is 4.84 Å². The van der Waals surface area contributed by atoms with E-state index >= 15 is 0 Å². The van der Waals surface area contributed by atoms with Gasteiger partial charge in [0.2, 0.25) is 0 Å². The van der Waals surface area contributed by atoms with Crippen LogP contribution in [0.1, 0.15) is 10.4 Å². The number of anilines is 2. The third-order valence-electron chi connectivity index (χ3n) is 3.28. The van der Waals surface area contributed by atoms with Gasteiger partial charge < -0.3 is 10.4 Å². The van der Waals surface area contributed by atoms with Gasteiger partial charge in [0.05, 0.1) is 34.9 Å². The van der Waals surface area contributed by atoms with E-state index in [2.05, 4.69) is 36.3 Å². The Morgan fingerprint density at radius 3 is 2.88 bits per heavy atom. The number of hydrogen-bond acceptors (Lipinski definition) is 7. The molecule has 0 aliphatic rings. The van der Waals surface area contributed by atoms with Crippen LogP contribution in [0, 0.1) is 11.6 Å². The molecule has 0 radical (unpaired) electrons. The van der Waals surface area contributed by atoms with Gasteiger partial charge in [-0.25, -0.2) is 14.3 Å². The minimum Gasteiger partial charge on any atom is -0.394 e. The first-order valence-corrected chi connectivity index (χ1v) is 8.77. The fourth-order valence-corrected chi connectivity index (χ4v) is 3.06. The highest BCUT2D eigenvalue weighted by Gasteiger charge is 2.22. The third-order valence-corrected chi connectivity index (χ3v) is 4.44. The first kappa shape index (κ1) is 18.6. The normalized spacial score (nSPS) is 10.9. The Bertz CT molecular complexity index is 969. The summed E-state index contributed by atoms with van der Waals surface area (Å²) in [4.78, 5) is 17.1. The number of aliphatic hydroxyl groups is 1. The summed E-state index contributed by atoms with van der Waals surface area (Å²) in [5.74, 6) is -2.25. The van der Waals surface area contributed by atoms with Crippen molar-refractivity contribution in [1.29, 1.82) is 0 Å². The number of nitrogens with one attached hydrogen (secondary N) is 2. The van der Waals surface area contributed by atoms with Crippen LogP contribution < -0.4 is 10.8 Å². The first-order valence-electron chi connectivity index (χ1n) is 7.21. The number of benzene rings is 2. The van der Waals surface area contributed by atoms with Crippen molar-refractivity contribution in [2.24, 2.45) is 0 Å². The van der Waals surface area contributed by atoms with Gasteiger partial charge in [0, 0.05) is 4.47 Å². The van der Waals surface area contributed by atoms with Gasteiger partial charge in [0.25, 0.3) is 5.91 Å². The van der Waals surface area contributed by atoms with Crippen LogP contribution in [0.4, 0.5) is 20.2 Å². The molecular weight excluding hydrogens is 434 g/mol. The Kier molecular flexibility index (Phi) is 5.71. The summed E-state index contributed by atoms with van der Waals surface area (Å²) in [6, 6.07) is 5.54. The maximum absolute atomic E-state index is 14.9. The molecule has 136 valence electrons. The predicted octanol–water partition coefficient (Wildman–Crippen LogP) is 3.13. The van der Waals surface area contributed by atoms with E-state index in [1.54, 1.807) is 6.07 Å². The Morgan fingerprint density at radius 2 is 2.15 bits per heavy atom. The lowest BCUT2D eigenvalue weighted by Crippen LogP contribution is -2.26. The van der Waals surface area contributed by atoms with Gasteiger partial charge in [0.1, 0.15) is 11.3 Å². The maximum atomic E-state index is 14.9. The van der Waals surface area contributed by atoms with E-state index in [0.29, 0.717) is 9.17 Å². The number of fused-ring (bicyclic) bond motifs is 1. The van der Waals surface area contributed by atoms with Gasteiger partial charge >= 0.3 is 0 Å². The number of carbonyl (C=O) groups excluding carboxylic acids is 1. The van der Waals surface area contributed by atoms with E-state index in [9.17, 15) is 13.6 Å². The van der Waals surface area contributed by atoms with E-state index in [4.69, 9.17) is 9.94 Å². The Balaban J connectivity index is 2.04. The third kappa shape index (κ3) is 3.80. The SMILES string of the molecule is O=C(NOCCO)c1cc2snnc2c(F)c1Nc1ccc(Br)cc1F. The molecular formula is C15H11BrF2N4O3S. The zero-order valence-corrected chi connectivity index (χ0v) is 15.3.